The molecule has 0 spiro atoms. The van der Waals surface area contributed by atoms with Gasteiger partial charge in [0.2, 0.25) is 0 Å². The van der Waals surface area contributed by atoms with E-state index >= 15 is 0 Å². The number of nitrogens with one attached hydrogen (secondary N) is 1. The summed E-state index contributed by atoms with van der Waals surface area (Å²) < 4.78 is 4.41. The summed E-state index contributed by atoms with van der Waals surface area (Å²) in [7, 11) is 1.27. The molecule has 0 radical (unpaired) electrons. The number of hydrogen-bond acceptors (Lipinski definition) is 5. The van der Waals surface area contributed by atoms with Gasteiger partial charge in [-0.05, 0) is 19.1 Å². The van der Waals surface area contributed by atoms with Gasteiger partial charge in [0.05, 0.1) is 30.1 Å². The van der Waals surface area contributed by atoms with E-state index in [0.717, 1.165) is 11.0 Å². The van der Waals surface area contributed by atoms with Gasteiger partial charge in [0.25, 0.3) is 0 Å². The van der Waals surface area contributed by atoms with Crippen LogP contribution in [0, 0.1) is 0 Å². The standard InChI is InChI=1S/C12H12N4O2/c1-8(15-16-12(17)18-2)11-7-13-9-5-3-4-6-10(9)14-11/h3-7H,1-2H3,(H,16,17)/b15-8+. The van der Waals surface area contributed by atoms with Crippen molar-refractivity contribution in [2.75, 3.05) is 7.11 Å². The molecular formula is C12H12N4O2. The van der Waals surface area contributed by atoms with Crippen molar-refractivity contribution in [2.45, 2.75) is 6.92 Å². The fourth-order valence-electron chi connectivity index (χ4n) is 1.36. The van der Waals surface area contributed by atoms with Gasteiger partial charge in [0, 0.05) is 0 Å². The van der Waals surface area contributed by atoms with Crippen LogP contribution in [0.25, 0.3) is 11.0 Å². The molecule has 0 unspecified atom stereocenters. The maximum absolute atomic E-state index is 10.9. The third kappa shape index (κ3) is 2.60. The van der Waals surface area contributed by atoms with Crippen molar-refractivity contribution in [3.63, 3.8) is 0 Å². The molecule has 0 saturated carbocycles. The highest BCUT2D eigenvalue weighted by molar-refractivity contribution is 5.98. The predicted molar refractivity (Wildman–Crippen MR) is 67.3 cm³/mol. The van der Waals surface area contributed by atoms with Crippen LogP contribution >= 0.6 is 0 Å². The van der Waals surface area contributed by atoms with Gasteiger partial charge in [-0.25, -0.2) is 15.2 Å². The third-order valence-corrected chi connectivity index (χ3v) is 2.32. The third-order valence-electron chi connectivity index (χ3n) is 2.32. The molecule has 92 valence electrons. The number of nitrogens with zero attached hydrogens (tertiary/aromatic N) is 3. The average molecular weight is 244 g/mol. The second-order valence-electron chi connectivity index (χ2n) is 3.54. The quantitative estimate of drug-likeness (QED) is 0.644. The number of hydrogen-bond donors (Lipinski definition) is 1. The minimum absolute atomic E-state index is 0.554. The van der Waals surface area contributed by atoms with E-state index in [0.29, 0.717) is 11.4 Å². The van der Waals surface area contributed by atoms with Gasteiger partial charge in [-0.2, -0.15) is 5.10 Å². The smallest absolute Gasteiger partial charge is 0.427 e. The summed E-state index contributed by atoms with van der Waals surface area (Å²) in [6.07, 6.45) is 0.989. The van der Waals surface area contributed by atoms with E-state index in [1.54, 1.807) is 13.1 Å². The highest BCUT2D eigenvalue weighted by Gasteiger charge is 2.03. The Morgan fingerprint density at radius 3 is 2.78 bits per heavy atom. The molecule has 1 amide bonds. The van der Waals surface area contributed by atoms with E-state index in [4.69, 9.17) is 0 Å². The Labute approximate surface area is 104 Å². The number of fused-ring (bicyclic) bond motifs is 1. The molecule has 2 aromatic rings. The van der Waals surface area contributed by atoms with Crippen molar-refractivity contribution < 1.29 is 9.53 Å². The molecule has 6 nitrogen and oxygen atoms in total. The molecule has 1 N–H and O–H groups in total. The molecule has 6 heteroatoms. The van der Waals surface area contributed by atoms with Crippen LogP contribution in [0.5, 0.6) is 0 Å². The summed E-state index contributed by atoms with van der Waals surface area (Å²) in [4.78, 5) is 19.5. The first-order valence-corrected chi connectivity index (χ1v) is 5.31. The van der Waals surface area contributed by atoms with Crippen molar-refractivity contribution in [3.05, 3.63) is 36.2 Å². The molecule has 0 aliphatic carbocycles. The lowest BCUT2D eigenvalue weighted by Crippen LogP contribution is -2.19. The largest absolute Gasteiger partial charge is 0.452 e. The molecule has 1 aromatic heterocycles. The van der Waals surface area contributed by atoms with Gasteiger partial charge >= 0.3 is 6.09 Å². The van der Waals surface area contributed by atoms with Gasteiger partial charge in [-0.3, -0.25) is 4.98 Å². The Morgan fingerprint density at radius 2 is 2.06 bits per heavy atom. The second kappa shape index (κ2) is 5.22. The first kappa shape index (κ1) is 12.0. The lowest BCUT2D eigenvalue weighted by Gasteiger charge is -2.02. The van der Waals surface area contributed by atoms with Gasteiger partial charge in [0.1, 0.15) is 5.69 Å². The number of benzene rings is 1. The fraction of sp³-hybridized carbons (Fsp3) is 0.167. The number of aromatic nitrogens is 2. The van der Waals surface area contributed by atoms with Crippen LogP contribution in [0.1, 0.15) is 12.6 Å². The van der Waals surface area contributed by atoms with Crippen LogP contribution in [0.4, 0.5) is 4.79 Å². The van der Waals surface area contributed by atoms with E-state index in [1.807, 2.05) is 24.3 Å². The predicted octanol–water partition coefficient (Wildman–Crippen LogP) is 1.71. The van der Waals surface area contributed by atoms with Crippen LogP contribution in [-0.4, -0.2) is 28.9 Å². The Hall–Kier alpha value is -2.50. The summed E-state index contributed by atoms with van der Waals surface area (Å²) in [6.45, 7) is 1.73. The van der Waals surface area contributed by atoms with E-state index in [9.17, 15) is 4.79 Å². The van der Waals surface area contributed by atoms with E-state index < -0.39 is 6.09 Å². The molecule has 0 aliphatic rings. The van der Waals surface area contributed by atoms with Gasteiger partial charge < -0.3 is 4.74 Å². The molecule has 0 saturated heterocycles. The Morgan fingerprint density at radius 1 is 1.33 bits per heavy atom. The molecular weight excluding hydrogens is 232 g/mol. The minimum Gasteiger partial charge on any atom is -0.452 e. The summed E-state index contributed by atoms with van der Waals surface area (Å²) in [6, 6.07) is 7.54. The Kier molecular flexibility index (Phi) is 3.47. The van der Waals surface area contributed by atoms with Gasteiger partial charge in [-0.15, -0.1) is 0 Å². The summed E-state index contributed by atoms with van der Waals surface area (Å²) >= 11 is 0. The highest BCUT2D eigenvalue weighted by Crippen LogP contribution is 2.08. The summed E-state index contributed by atoms with van der Waals surface area (Å²) in [5.41, 5.74) is 4.99. The molecule has 0 bridgehead atoms. The zero-order chi connectivity index (χ0) is 13.0. The monoisotopic (exact) mass is 244 g/mol. The van der Waals surface area contributed by atoms with Crippen molar-refractivity contribution >= 4 is 22.8 Å². The molecule has 0 aliphatic heterocycles. The van der Waals surface area contributed by atoms with Crippen LogP contribution in [-0.2, 0) is 4.74 Å². The first-order chi connectivity index (χ1) is 8.70. The lowest BCUT2D eigenvalue weighted by atomic mass is 10.2. The maximum Gasteiger partial charge on any atom is 0.427 e. The number of hydrazone groups is 1. The average Bonchev–Trinajstić information content (AvgIpc) is 2.43. The molecule has 0 fully saturated rings. The van der Waals surface area contributed by atoms with Crippen LogP contribution in [0.2, 0.25) is 0 Å². The number of carbonyl (C=O) groups is 1. The normalized spacial score (nSPS) is 11.3. The van der Waals surface area contributed by atoms with Gasteiger partial charge in [-0.1, -0.05) is 12.1 Å². The van der Waals surface area contributed by atoms with Gasteiger partial charge in [0.15, 0.2) is 0 Å². The summed E-state index contributed by atoms with van der Waals surface area (Å²) in [5.74, 6) is 0. The van der Waals surface area contributed by atoms with Crippen LogP contribution < -0.4 is 5.43 Å². The molecule has 1 aromatic carbocycles. The van der Waals surface area contributed by atoms with Crippen LogP contribution in [0.3, 0.4) is 0 Å². The number of rotatable bonds is 2. The topological polar surface area (TPSA) is 76.5 Å². The molecule has 1 heterocycles. The number of methoxy groups -OCH3 is 1. The second-order valence-corrected chi connectivity index (χ2v) is 3.54. The Bertz CT molecular complexity index is 610. The highest BCUT2D eigenvalue weighted by atomic mass is 16.5. The zero-order valence-corrected chi connectivity index (χ0v) is 10.0. The molecule has 0 atom stereocenters. The Balaban J connectivity index is 2.27. The number of amides is 1. The zero-order valence-electron chi connectivity index (χ0n) is 10.0. The fourth-order valence-corrected chi connectivity index (χ4v) is 1.36. The first-order valence-electron chi connectivity index (χ1n) is 5.31. The van der Waals surface area contributed by atoms with Crippen molar-refractivity contribution in [3.8, 4) is 0 Å². The van der Waals surface area contributed by atoms with E-state index in [-0.39, 0.29) is 0 Å². The molecule has 2 rings (SSSR count). The summed E-state index contributed by atoms with van der Waals surface area (Å²) in [5, 5.41) is 3.86. The van der Waals surface area contributed by atoms with Crippen molar-refractivity contribution in [1.29, 1.82) is 0 Å². The minimum atomic E-state index is -0.622. The van der Waals surface area contributed by atoms with Crippen molar-refractivity contribution in [1.82, 2.24) is 15.4 Å². The van der Waals surface area contributed by atoms with E-state index in [1.165, 1.54) is 7.11 Å². The van der Waals surface area contributed by atoms with Crippen LogP contribution in [0.15, 0.2) is 35.6 Å². The number of para-hydroxylation sites is 2. The SMILES string of the molecule is COC(=O)N/N=C(\C)c1cnc2ccccc2n1. The van der Waals surface area contributed by atoms with E-state index in [2.05, 4.69) is 25.2 Å². The van der Waals surface area contributed by atoms with Crippen molar-refractivity contribution in [2.24, 2.45) is 5.10 Å². The molecule has 18 heavy (non-hydrogen) atoms. The number of carbonyl (C=O) groups excluding carboxylic acids is 1. The number of ether oxygens (including phenoxy) is 1. The maximum atomic E-state index is 10.9. The lowest BCUT2D eigenvalue weighted by molar-refractivity contribution is 0.171.